The van der Waals surface area contributed by atoms with Crippen molar-refractivity contribution >= 4 is 6.09 Å². The summed E-state index contributed by atoms with van der Waals surface area (Å²) in [4.78, 5) is 14.1. The van der Waals surface area contributed by atoms with Crippen LogP contribution in [0.5, 0.6) is 0 Å². The number of methoxy groups -OCH3 is 2. The molecular formula is C17H25NO4. The normalized spacial score (nSPS) is 18.0. The number of carbonyl (C=O) groups is 1. The van der Waals surface area contributed by atoms with Gasteiger partial charge < -0.3 is 19.1 Å². The number of hydrogen-bond donors (Lipinski definition) is 0. The lowest BCUT2D eigenvalue weighted by atomic mass is 10.1. The summed E-state index contributed by atoms with van der Waals surface area (Å²) in [5, 5.41) is 0. The Hall–Kier alpha value is -1.59. The molecule has 0 aromatic heterocycles. The summed E-state index contributed by atoms with van der Waals surface area (Å²) in [6.45, 7) is 1.09. The minimum Gasteiger partial charge on any atom is -0.445 e. The zero-order valence-corrected chi connectivity index (χ0v) is 13.4. The molecule has 1 amide bonds. The monoisotopic (exact) mass is 307 g/mol. The molecule has 0 unspecified atom stereocenters. The van der Waals surface area contributed by atoms with Crippen LogP contribution >= 0.6 is 0 Å². The van der Waals surface area contributed by atoms with Crippen LogP contribution in [0.4, 0.5) is 4.79 Å². The van der Waals surface area contributed by atoms with Crippen molar-refractivity contribution < 1.29 is 19.0 Å². The van der Waals surface area contributed by atoms with E-state index in [0.717, 1.165) is 37.8 Å². The Morgan fingerprint density at radius 3 is 2.68 bits per heavy atom. The topological polar surface area (TPSA) is 48.0 Å². The van der Waals surface area contributed by atoms with Crippen molar-refractivity contribution in [3.05, 3.63) is 35.9 Å². The molecule has 1 heterocycles. The first kappa shape index (κ1) is 16.8. The van der Waals surface area contributed by atoms with E-state index in [1.54, 1.807) is 14.2 Å². The number of likely N-dealkylation sites (tertiary alicyclic amines) is 1. The SMILES string of the molecule is COC(CC[C@@H]1CCCN1C(=O)OCc1ccccc1)OC. The standard InChI is InChI=1S/C17H25NO4/c1-20-16(21-2)11-10-15-9-6-12-18(15)17(19)22-13-14-7-4-3-5-8-14/h3-5,7-8,15-16H,6,9-13H2,1-2H3/t15-/m0/s1. The Bertz CT molecular complexity index is 447. The summed E-state index contributed by atoms with van der Waals surface area (Å²) in [5.74, 6) is 0. The summed E-state index contributed by atoms with van der Waals surface area (Å²) >= 11 is 0. The van der Waals surface area contributed by atoms with E-state index in [0.29, 0.717) is 6.61 Å². The molecule has 1 atom stereocenters. The Labute approximate surface area is 132 Å². The highest BCUT2D eigenvalue weighted by Gasteiger charge is 2.30. The molecule has 1 fully saturated rings. The van der Waals surface area contributed by atoms with E-state index in [2.05, 4.69) is 0 Å². The maximum atomic E-state index is 12.3. The van der Waals surface area contributed by atoms with Crippen molar-refractivity contribution in [1.82, 2.24) is 4.90 Å². The Balaban J connectivity index is 1.80. The number of carbonyl (C=O) groups excluding carboxylic acids is 1. The third-order valence-electron chi connectivity index (χ3n) is 4.08. The molecule has 1 saturated heterocycles. The molecule has 1 aromatic rings. The van der Waals surface area contributed by atoms with Gasteiger partial charge in [-0.2, -0.15) is 0 Å². The predicted molar refractivity (Wildman–Crippen MR) is 83.4 cm³/mol. The molecule has 0 radical (unpaired) electrons. The average molecular weight is 307 g/mol. The second kappa shape index (κ2) is 8.76. The molecule has 1 aliphatic heterocycles. The Morgan fingerprint density at radius 2 is 2.00 bits per heavy atom. The highest BCUT2D eigenvalue weighted by molar-refractivity contribution is 5.68. The van der Waals surface area contributed by atoms with Crippen LogP contribution in [0.3, 0.4) is 0 Å². The van der Waals surface area contributed by atoms with Crippen molar-refractivity contribution in [2.45, 2.75) is 44.6 Å². The van der Waals surface area contributed by atoms with Crippen molar-refractivity contribution in [1.29, 1.82) is 0 Å². The summed E-state index contributed by atoms with van der Waals surface area (Å²) in [7, 11) is 3.27. The number of rotatable bonds is 7. The molecule has 0 aliphatic carbocycles. The molecule has 1 aromatic carbocycles. The molecule has 122 valence electrons. The number of nitrogens with zero attached hydrogens (tertiary/aromatic N) is 1. The lowest BCUT2D eigenvalue weighted by Crippen LogP contribution is -2.36. The zero-order chi connectivity index (χ0) is 15.8. The minimum absolute atomic E-state index is 0.206. The van der Waals surface area contributed by atoms with Gasteiger partial charge in [-0.15, -0.1) is 0 Å². The quantitative estimate of drug-likeness (QED) is 0.726. The van der Waals surface area contributed by atoms with Gasteiger partial charge in [-0.3, -0.25) is 0 Å². The third-order valence-corrected chi connectivity index (χ3v) is 4.08. The van der Waals surface area contributed by atoms with E-state index in [4.69, 9.17) is 14.2 Å². The maximum Gasteiger partial charge on any atom is 0.410 e. The van der Waals surface area contributed by atoms with Crippen LogP contribution < -0.4 is 0 Å². The van der Waals surface area contributed by atoms with Gasteiger partial charge in [0, 0.05) is 33.2 Å². The lowest BCUT2D eigenvalue weighted by molar-refractivity contribution is -0.108. The molecular weight excluding hydrogens is 282 g/mol. The van der Waals surface area contributed by atoms with E-state index < -0.39 is 0 Å². The van der Waals surface area contributed by atoms with Crippen LogP contribution in [0.2, 0.25) is 0 Å². The van der Waals surface area contributed by atoms with Crippen LogP contribution in [0.1, 0.15) is 31.2 Å². The Morgan fingerprint density at radius 1 is 1.27 bits per heavy atom. The molecule has 0 bridgehead atoms. The fourth-order valence-corrected chi connectivity index (χ4v) is 2.84. The van der Waals surface area contributed by atoms with Gasteiger partial charge in [-0.1, -0.05) is 30.3 Å². The fourth-order valence-electron chi connectivity index (χ4n) is 2.84. The van der Waals surface area contributed by atoms with Crippen molar-refractivity contribution in [2.24, 2.45) is 0 Å². The number of amides is 1. The van der Waals surface area contributed by atoms with Crippen molar-refractivity contribution in [3.63, 3.8) is 0 Å². The number of hydrogen-bond acceptors (Lipinski definition) is 4. The summed E-state index contributed by atoms with van der Waals surface area (Å²) < 4.78 is 15.8. The van der Waals surface area contributed by atoms with Gasteiger partial charge in [-0.25, -0.2) is 4.79 Å². The predicted octanol–water partition coefficient (Wildman–Crippen LogP) is 3.19. The van der Waals surface area contributed by atoms with Gasteiger partial charge in [0.2, 0.25) is 0 Å². The van der Waals surface area contributed by atoms with Crippen LogP contribution in [-0.4, -0.2) is 44.1 Å². The van der Waals surface area contributed by atoms with Crippen LogP contribution in [0, 0.1) is 0 Å². The van der Waals surface area contributed by atoms with Gasteiger partial charge in [0.05, 0.1) is 0 Å². The first-order chi connectivity index (χ1) is 10.7. The first-order valence-corrected chi connectivity index (χ1v) is 7.77. The second-order valence-corrected chi connectivity index (χ2v) is 5.51. The average Bonchev–Trinajstić information content (AvgIpc) is 3.03. The largest absolute Gasteiger partial charge is 0.445 e. The maximum absolute atomic E-state index is 12.3. The minimum atomic E-state index is -0.224. The molecule has 1 aliphatic rings. The fraction of sp³-hybridized carbons (Fsp3) is 0.588. The van der Waals surface area contributed by atoms with Gasteiger partial charge >= 0.3 is 6.09 Å². The highest BCUT2D eigenvalue weighted by Crippen LogP contribution is 2.23. The first-order valence-electron chi connectivity index (χ1n) is 7.77. The third kappa shape index (κ3) is 4.71. The van der Waals surface area contributed by atoms with E-state index in [1.165, 1.54) is 0 Å². The summed E-state index contributed by atoms with van der Waals surface area (Å²) in [5.41, 5.74) is 1.01. The van der Waals surface area contributed by atoms with E-state index in [9.17, 15) is 4.79 Å². The molecule has 22 heavy (non-hydrogen) atoms. The van der Waals surface area contributed by atoms with Gasteiger partial charge in [-0.05, 0) is 24.8 Å². The van der Waals surface area contributed by atoms with Gasteiger partial charge in [0.1, 0.15) is 6.61 Å². The molecule has 5 heteroatoms. The van der Waals surface area contributed by atoms with Crippen molar-refractivity contribution in [3.8, 4) is 0 Å². The van der Waals surface area contributed by atoms with Crippen LogP contribution in [0.15, 0.2) is 30.3 Å². The number of benzene rings is 1. The summed E-state index contributed by atoms with van der Waals surface area (Å²) in [6, 6.07) is 9.96. The van der Waals surface area contributed by atoms with E-state index in [-0.39, 0.29) is 18.4 Å². The molecule has 2 rings (SSSR count). The Kier molecular flexibility index (Phi) is 6.68. The highest BCUT2D eigenvalue weighted by atomic mass is 16.7. The van der Waals surface area contributed by atoms with Crippen LogP contribution in [0.25, 0.3) is 0 Å². The van der Waals surface area contributed by atoms with Crippen molar-refractivity contribution in [2.75, 3.05) is 20.8 Å². The zero-order valence-electron chi connectivity index (χ0n) is 13.4. The second-order valence-electron chi connectivity index (χ2n) is 5.51. The lowest BCUT2D eigenvalue weighted by Gasteiger charge is -2.25. The van der Waals surface area contributed by atoms with E-state index in [1.807, 2.05) is 35.2 Å². The molecule has 5 nitrogen and oxygen atoms in total. The van der Waals surface area contributed by atoms with Gasteiger partial charge in [0.15, 0.2) is 6.29 Å². The van der Waals surface area contributed by atoms with Crippen LogP contribution in [-0.2, 0) is 20.8 Å². The molecule has 0 N–H and O–H groups in total. The molecule has 0 spiro atoms. The summed E-state index contributed by atoms with van der Waals surface area (Å²) in [6.07, 6.45) is 3.25. The van der Waals surface area contributed by atoms with E-state index >= 15 is 0 Å². The smallest absolute Gasteiger partial charge is 0.410 e. The number of ether oxygens (including phenoxy) is 3. The van der Waals surface area contributed by atoms with Gasteiger partial charge in [0.25, 0.3) is 0 Å². The molecule has 0 saturated carbocycles.